The molecule has 0 bridgehead atoms. The van der Waals surface area contributed by atoms with Crippen molar-refractivity contribution < 1.29 is 19.1 Å². The van der Waals surface area contributed by atoms with Crippen molar-refractivity contribution >= 4 is 11.9 Å². The van der Waals surface area contributed by atoms with Crippen LogP contribution >= 0.6 is 0 Å². The minimum absolute atomic E-state index is 0.341. The van der Waals surface area contributed by atoms with Gasteiger partial charge in [-0.2, -0.15) is 0 Å². The molecule has 0 amide bonds. The average Bonchev–Trinajstić information content (AvgIpc) is 3.29. The number of esters is 2. The normalized spacial score (nSPS) is 25.0. The van der Waals surface area contributed by atoms with E-state index in [1.165, 1.54) is 19.3 Å². The number of ether oxygens (including phenoxy) is 2. The van der Waals surface area contributed by atoms with Crippen LogP contribution in [0.15, 0.2) is 25.3 Å². The summed E-state index contributed by atoms with van der Waals surface area (Å²) in [5.74, 6) is 3.72. The van der Waals surface area contributed by atoms with E-state index in [1.807, 2.05) is 13.8 Å². The Morgan fingerprint density at radius 1 is 0.926 bits per heavy atom. The van der Waals surface area contributed by atoms with Crippen LogP contribution in [-0.4, -0.2) is 25.2 Å². The van der Waals surface area contributed by atoms with Gasteiger partial charge in [-0.3, -0.25) is 0 Å². The Kier molecular flexibility index (Phi) is 14.6. The van der Waals surface area contributed by atoms with Crippen molar-refractivity contribution in [3.63, 3.8) is 0 Å². The van der Waals surface area contributed by atoms with E-state index in [9.17, 15) is 9.59 Å². The maximum atomic E-state index is 10.2. The molecular formula is C23H40O4. The predicted octanol–water partition coefficient (Wildman–Crippen LogP) is 5.72. The van der Waals surface area contributed by atoms with E-state index >= 15 is 0 Å². The molecule has 0 aromatic heterocycles. The Morgan fingerprint density at radius 3 is 1.81 bits per heavy atom. The lowest BCUT2D eigenvalue weighted by Crippen LogP contribution is -2.08. The molecular weight excluding hydrogens is 340 g/mol. The summed E-state index contributed by atoms with van der Waals surface area (Å²) in [4.78, 5) is 20.5. The Labute approximate surface area is 166 Å². The number of fused-ring (bicyclic) bond motifs is 1. The van der Waals surface area contributed by atoms with Gasteiger partial charge in [-0.05, 0) is 55.8 Å². The van der Waals surface area contributed by atoms with Crippen molar-refractivity contribution in [3.05, 3.63) is 25.3 Å². The smallest absolute Gasteiger partial charge is 0.330 e. The van der Waals surface area contributed by atoms with Crippen molar-refractivity contribution in [1.82, 2.24) is 0 Å². The summed E-state index contributed by atoms with van der Waals surface area (Å²) < 4.78 is 9.17. The molecule has 0 spiro atoms. The fourth-order valence-electron chi connectivity index (χ4n) is 4.13. The monoisotopic (exact) mass is 380 g/mol. The van der Waals surface area contributed by atoms with Crippen LogP contribution in [-0.2, 0) is 19.1 Å². The van der Waals surface area contributed by atoms with Gasteiger partial charge in [-0.25, -0.2) is 9.59 Å². The minimum Gasteiger partial charge on any atom is -0.463 e. The van der Waals surface area contributed by atoms with Crippen LogP contribution in [0.5, 0.6) is 0 Å². The number of hydrogen-bond acceptors (Lipinski definition) is 4. The highest BCUT2D eigenvalue weighted by atomic mass is 16.5. The molecule has 0 saturated heterocycles. The minimum atomic E-state index is -0.341. The summed E-state index contributed by atoms with van der Waals surface area (Å²) in [6, 6.07) is 0. The van der Waals surface area contributed by atoms with Gasteiger partial charge < -0.3 is 9.47 Å². The summed E-state index contributed by atoms with van der Waals surface area (Å²) in [6.45, 7) is 16.2. The predicted molar refractivity (Wildman–Crippen MR) is 111 cm³/mol. The molecule has 2 aliphatic rings. The summed E-state index contributed by atoms with van der Waals surface area (Å²) in [7, 11) is 0. The molecule has 156 valence electrons. The molecule has 0 radical (unpaired) electrons. The molecule has 0 heterocycles. The SMILES string of the molecule is C=CC(=O)OCCC.C=CC(=O)OCCC.CCC1CC(C)C2CCCC12. The first-order valence-electron chi connectivity index (χ1n) is 10.5. The van der Waals surface area contributed by atoms with Gasteiger partial charge in [0.05, 0.1) is 13.2 Å². The van der Waals surface area contributed by atoms with Gasteiger partial charge in [0, 0.05) is 12.2 Å². The highest BCUT2D eigenvalue weighted by Gasteiger charge is 2.42. The molecule has 2 rings (SSSR count). The number of carbonyl (C=O) groups is 2. The van der Waals surface area contributed by atoms with Gasteiger partial charge in [0.1, 0.15) is 0 Å². The molecule has 0 N–H and O–H groups in total. The summed E-state index contributed by atoms with van der Waals surface area (Å²) in [6.07, 6.45) is 11.6. The van der Waals surface area contributed by atoms with E-state index in [0.717, 1.165) is 48.7 Å². The van der Waals surface area contributed by atoms with E-state index in [-0.39, 0.29) is 11.9 Å². The van der Waals surface area contributed by atoms with Crippen LogP contribution in [0.2, 0.25) is 0 Å². The zero-order chi connectivity index (χ0) is 20.7. The van der Waals surface area contributed by atoms with Crippen LogP contribution in [0.3, 0.4) is 0 Å². The molecule has 0 aromatic rings. The lowest BCUT2D eigenvalue weighted by atomic mass is 9.90. The van der Waals surface area contributed by atoms with Crippen LogP contribution in [0.4, 0.5) is 0 Å². The highest BCUT2D eigenvalue weighted by Crippen LogP contribution is 2.51. The van der Waals surface area contributed by atoms with Crippen molar-refractivity contribution in [2.24, 2.45) is 23.7 Å². The average molecular weight is 381 g/mol. The third kappa shape index (κ3) is 10.4. The summed E-state index contributed by atoms with van der Waals surface area (Å²) >= 11 is 0. The van der Waals surface area contributed by atoms with E-state index in [4.69, 9.17) is 0 Å². The first-order valence-corrected chi connectivity index (χ1v) is 10.5. The maximum absolute atomic E-state index is 10.2. The fourth-order valence-corrected chi connectivity index (χ4v) is 4.13. The van der Waals surface area contributed by atoms with E-state index in [1.54, 1.807) is 12.8 Å². The molecule has 4 atom stereocenters. The van der Waals surface area contributed by atoms with Crippen molar-refractivity contribution in [2.45, 2.75) is 72.6 Å². The highest BCUT2D eigenvalue weighted by molar-refractivity contribution is 5.81. The molecule has 0 aromatic carbocycles. The van der Waals surface area contributed by atoms with E-state index in [0.29, 0.717) is 13.2 Å². The summed E-state index contributed by atoms with van der Waals surface area (Å²) in [5, 5.41) is 0. The quantitative estimate of drug-likeness (QED) is 0.419. The van der Waals surface area contributed by atoms with Crippen LogP contribution < -0.4 is 0 Å². The topological polar surface area (TPSA) is 52.6 Å². The lowest BCUT2D eigenvalue weighted by molar-refractivity contribution is -0.138. The van der Waals surface area contributed by atoms with Crippen molar-refractivity contribution in [3.8, 4) is 0 Å². The zero-order valence-electron chi connectivity index (χ0n) is 17.9. The second-order valence-corrected chi connectivity index (χ2v) is 7.38. The number of hydrogen-bond donors (Lipinski definition) is 0. The van der Waals surface area contributed by atoms with E-state index < -0.39 is 0 Å². The Bertz CT molecular complexity index is 420. The molecule has 4 unspecified atom stereocenters. The van der Waals surface area contributed by atoms with Crippen LogP contribution in [0.1, 0.15) is 72.6 Å². The van der Waals surface area contributed by atoms with Gasteiger partial charge in [0.2, 0.25) is 0 Å². The van der Waals surface area contributed by atoms with Crippen molar-refractivity contribution in [2.75, 3.05) is 13.2 Å². The first kappa shape index (κ1) is 25.4. The van der Waals surface area contributed by atoms with Crippen LogP contribution in [0.25, 0.3) is 0 Å². The maximum Gasteiger partial charge on any atom is 0.330 e. The molecule has 4 heteroatoms. The van der Waals surface area contributed by atoms with Gasteiger partial charge in [-0.15, -0.1) is 0 Å². The van der Waals surface area contributed by atoms with Gasteiger partial charge in [0.25, 0.3) is 0 Å². The third-order valence-electron chi connectivity index (χ3n) is 5.39. The fraction of sp³-hybridized carbons (Fsp3) is 0.739. The second kappa shape index (κ2) is 15.5. The first-order chi connectivity index (χ1) is 12.9. The van der Waals surface area contributed by atoms with Gasteiger partial charge in [-0.1, -0.05) is 53.7 Å². The number of carbonyl (C=O) groups excluding carboxylic acids is 2. The third-order valence-corrected chi connectivity index (χ3v) is 5.39. The molecule has 2 aliphatic carbocycles. The molecule has 4 nitrogen and oxygen atoms in total. The zero-order valence-corrected chi connectivity index (χ0v) is 17.9. The van der Waals surface area contributed by atoms with E-state index in [2.05, 4.69) is 36.5 Å². The molecule has 27 heavy (non-hydrogen) atoms. The Balaban J connectivity index is 0.000000387. The summed E-state index contributed by atoms with van der Waals surface area (Å²) in [5.41, 5.74) is 0. The molecule has 0 aliphatic heterocycles. The van der Waals surface area contributed by atoms with Gasteiger partial charge in [0.15, 0.2) is 0 Å². The largest absolute Gasteiger partial charge is 0.463 e. The van der Waals surface area contributed by atoms with Crippen molar-refractivity contribution in [1.29, 1.82) is 0 Å². The second-order valence-electron chi connectivity index (χ2n) is 7.38. The Hall–Kier alpha value is -1.58. The molecule has 2 fully saturated rings. The Morgan fingerprint density at radius 2 is 1.41 bits per heavy atom. The van der Waals surface area contributed by atoms with Crippen LogP contribution in [0, 0.1) is 23.7 Å². The molecule has 2 saturated carbocycles. The standard InChI is InChI=1S/C11H20.2C6H10O2/c1-3-9-7-8(2)10-5-4-6-11(9)10;2*1-3-5-8-6(7)4-2/h8-11H,3-7H2,1-2H3;2*4H,2-3,5H2,1H3. The lowest BCUT2D eigenvalue weighted by Gasteiger charge is -2.16. The number of rotatable bonds is 7. The van der Waals surface area contributed by atoms with Gasteiger partial charge >= 0.3 is 11.9 Å².